The molecule has 0 aliphatic carbocycles. The molecule has 0 amide bonds. The molecule has 0 bridgehead atoms. The first-order chi connectivity index (χ1) is 11.5. The van der Waals surface area contributed by atoms with Crippen molar-refractivity contribution in [3.8, 4) is 0 Å². The summed E-state index contributed by atoms with van der Waals surface area (Å²) in [6, 6.07) is 9.83. The molecule has 1 aromatic heterocycles. The van der Waals surface area contributed by atoms with Gasteiger partial charge in [-0.05, 0) is 25.5 Å². The zero-order valence-electron chi connectivity index (χ0n) is 13.7. The smallest absolute Gasteiger partial charge is 0.334 e. The van der Waals surface area contributed by atoms with E-state index < -0.39 is 18.4 Å². The minimum absolute atomic E-state index is 0.0959. The highest BCUT2D eigenvalue weighted by atomic mass is 16.5. The van der Waals surface area contributed by atoms with Gasteiger partial charge in [-0.1, -0.05) is 30.3 Å². The number of ether oxygens (including phenoxy) is 1. The molecule has 2 aromatic rings. The van der Waals surface area contributed by atoms with E-state index in [0.29, 0.717) is 12.2 Å². The van der Waals surface area contributed by atoms with E-state index in [1.54, 1.807) is 13.1 Å². The van der Waals surface area contributed by atoms with E-state index in [1.165, 1.54) is 6.08 Å². The van der Waals surface area contributed by atoms with Gasteiger partial charge in [-0.15, -0.1) is 0 Å². The molecule has 1 heterocycles. The number of nitrogens with zero attached hydrogens (tertiary/aromatic N) is 2. The first-order valence-corrected chi connectivity index (χ1v) is 7.66. The van der Waals surface area contributed by atoms with Crippen molar-refractivity contribution in [3.05, 3.63) is 59.2 Å². The summed E-state index contributed by atoms with van der Waals surface area (Å²) >= 11 is 0. The first kappa shape index (κ1) is 17.5. The summed E-state index contributed by atoms with van der Waals surface area (Å²) < 4.78 is 6.87. The molecule has 0 atom stereocenters. The normalized spacial score (nSPS) is 11.3. The number of carboxylic acids is 1. The van der Waals surface area contributed by atoms with Gasteiger partial charge in [0.25, 0.3) is 0 Å². The largest absolute Gasteiger partial charge is 0.481 e. The molecule has 0 radical (unpaired) electrons. The number of esters is 1. The van der Waals surface area contributed by atoms with Crippen molar-refractivity contribution in [2.24, 2.45) is 0 Å². The van der Waals surface area contributed by atoms with Gasteiger partial charge in [-0.25, -0.2) is 9.78 Å². The molecule has 0 saturated heterocycles. The quantitative estimate of drug-likeness (QED) is 0.624. The number of aliphatic carboxylic acids is 1. The number of aromatic nitrogens is 2. The van der Waals surface area contributed by atoms with Crippen LogP contribution >= 0.6 is 0 Å². The minimum Gasteiger partial charge on any atom is -0.481 e. The maximum atomic E-state index is 12.0. The molecule has 0 aliphatic rings. The van der Waals surface area contributed by atoms with Crippen molar-refractivity contribution in [1.82, 2.24) is 9.55 Å². The molecule has 0 aliphatic heterocycles. The van der Waals surface area contributed by atoms with Crippen LogP contribution in [-0.4, -0.2) is 33.2 Å². The van der Waals surface area contributed by atoms with Crippen molar-refractivity contribution >= 4 is 18.0 Å². The molecule has 6 nitrogen and oxygen atoms in total. The monoisotopic (exact) mass is 328 g/mol. The summed E-state index contributed by atoms with van der Waals surface area (Å²) in [7, 11) is 0. The van der Waals surface area contributed by atoms with Crippen molar-refractivity contribution in [2.75, 3.05) is 6.61 Å². The first-order valence-electron chi connectivity index (χ1n) is 7.66. The fourth-order valence-electron chi connectivity index (χ4n) is 2.32. The zero-order valence-corrected chi connectivity index (χ0v) is 13.7. The number of hydrogen-bond donors (Lipinski definition) is 1. The van der Waals surface area contributed by atoms with E-state index in [-0.39, 0.29) is 12.2 Å². The molecular weight excluding hydrogens is 308 g/mol. The Morgan fingerprint density at radius 1 is 1.29 bits per heavy atom. The Morgan fingerprint density at radius 2 is 2.00 bits per heavy atom. The topological polar surface area (TPSA) is 81.4 Å². The predicted molar refractivity (Wildman–Crippen MR) is 89.4 cm³/mol. The Kier molecular flexibility index (Phi) is 5.89. The van der Waals surface area contributed by atoms with E-state index in [2.05, 4.69) is 4.98 Å². The van der Waals surface area contributed by atoms with Gasteiger partial charge in [-0.3, -0.25) is 4.79 Å². The summed E-state index contributed by atoms with van der Waals surface area (Å²) in [6.07, 6.45) is 2.77. The number of benzene rings is 1. The number of rotatable bonds is 7. The number of carbonyl (C=O) groups excluding carboxylic acids is 1. The summed E-state index contributed by atoms with van der Waals surface area (Å²) in [4.78, 5) is 27.3. The molecule has 1 N–H and O–H groups in total. The second kappa shape index (κ2) is 8.10. The molecule has 0 spiro atoms. The fraction of sp³-hybridized carbons (Fsp3) is 0.278. The van der Waals surface area contributed by atoms with Gasteiger partial charge in [-0.2, -0.15) is 0 Å². The summed E-state index contributed by atoms with van der Waals surface area (Å²) in [5.74, 6) is -0.922. The Balaban J connectivity index is 2.35. The third-order valence-corrected chi connectivity index (χ3v) is 3.47. The maximum absolute atomic E-state index is 12.0. The number of carbonyl (C=O) groups is 2. The third-order valence-electron chi connectivity index (χ3n) is 3.47. The Labute approximate surface area is 140 Å². The summed E-state index contributed by atoms with van der Waals surface area (Å²) in [6.45, 7) is 4.32. The lowest BCUT2D eigenvalue weighted by atomic mass is 10.1. The van der Waals surface area contributed by atoms with Gasteiger partial charge >= 0.3 is 11.9 Å². The predicted octanol–water partition coefficient (Wildman–Crippen LogP) is 2.66. The average Bonchev–Trinajstić information content (AvgIpc) is 2.88. The molecule has 126 valence electrons. The molecule has 0 unspecified atom stereocenters. The van der Waals surface area contributed by atoms with Crippen LogP contribution < -0.4 is 0 Å². The lowest BCUT2D eigenvalue weighted by Crippen LogP contribution is -2.12. The van der Waals surface area contributed by atoms with Gasteiger partial charge in [0, 0.05) is 6.54 Å². The van der Waals surface area contributed by atoms with Crippen LogP contribution in [0.3, 0.4) is 0 Å². The average molecular weight is 328 g/mol. The molecule has 2 rings (SSSR count). The van der Waals surface area contributed by atoms with Crippen LogP contribution in [0.1, 0.15) is 30.4 Å². The zero-order chi connectivity index (χ0) is 17.5. The van der Waals surface area contributed by atoms with Gasteiger partial charge < -0.3 is 14.4 Å². The van der Waals surface area contributed by atoms with Crippen LogP contribution in [0.4, 0.5) is 0 Å². The highest BCUT2D eigenvalue weighted by molar-refractivity contribution is 5.97. The Bertz CT molecular complexity index is 748. The lowest BCUT2D eigenvalue weighted by molar-refractivity contribution is -0.142. The highest BCUT2D eigenvalue weighted by Crippen LogP contribution is 2.16. The molecule has 0 saturated carbocycles. The van der Waals surface area contributed by atoms with Crippen LogP contribution in [0.2, 0.25) is 0 Å². The van der Waals surface area contributed by atoms with E-state index in [1.807, 2.05) is 41.8 Å². The maximum Gasteiger partial charge on any atom is 0.334 e. The molecule has 24 heavy (non-hydrogen) atoms. The number of hydrogen-bond acceptors (Lipinski definition) is 4. The number of imidazole rings is 1. The van der Waals surface area contributed by atoms with Gasteiger partial charge in [0.15, 0.2) is 0 Å². The second-order valence-corrected chi connectivity index (χ2v) is 5.26. The Morgan fingerprint density at radius 3 is 2.62 bits per heavy atom. The highest BCUT2D eigenvalue weighted by Gasteiger charge is 2.16. The standard InChI is InChI=1S/C18H20N2O4/c1-3-24-18(23)15(10-17(21)22)9-16-11-19-13(2)20(16)12-14-7-5-4-6-8-14/h4-9,11H,3,10,12H2,1-2H3,(H,21,22). The van der Waals surface area contributed by atoms with E-state index in [4.69, 9.17) is 9.84 Å². The lowest BCUT2D eigenvalue weighted by Gasteiger charge is -2.10. The molecule has 1 aromatic carbocycles. The number of aryl methyl sites for hydroxylation is 1. The van der Waals surface area contributed by atoms with E-state index >= 15 is 0 Å². The summed E-state index contributed by atoms with van der Waals surface area (Å²) in [5.41, 5.74) is 1.85. The van der Waals surface area contributed by atoms with Crippen LogP contribution in [0.15, 0.2) is 42.1 Å². The van der Waals surface area contributed by atoms with Crippen molar-refractivity contribution in [3.63, 3.8) is 0 Å². The van der Waals surface area contributed by atoms with Crippen molar-refractivity contribution < 1.29 is 19.4 Å². The second-order valence-electron chi connectivity index (χ2n) is 5.26. The van der Waals surface area contributed by atoms with Crippen LogP contribution in [0.5, 0.6) is 0 Å². The van der Waals surface area contributed by atoms with Crippen molar-refractivity contribution in [2.45, 2.75) is 26.8 Å². The fourth-order valence-corrected chi connectivity index (χ4v) is 2.32. The van der Waals surface area contributed by atoms with Crippen LogP contribution in [-0.2, 0) is 20.9 Å². The van der Waals surface area contributed by atoms with Gasteiger partial charge in [0.2, 0.25) is 0 Å². The summed E-state index contributed by atoms with van der Waals surface area (Å²) in [5, 5.41) is 9.02. The molecular formula is C18H20N2O4. The third kappa shape index (κ3) is 4.55. The van der Waals surface area contributed by atoms with Crippen LogP contribution in [0, 0.1) is 6.92 Å². The SMILES string of the molecule is CCOC(=O)C(=Cc1cnc(C)n1Cc1ccccc1)CC(=O)O. The van der Waals surface area contributed by atoms with E-state index in [9.17, 15) is 9.59 Å². The Hall–Kier alpha value is -2.89. The van der Waals surface area contributed by atoms with E-state index in [0.717, 1.165) is 11.4 Å². The minimum atomic E-state index is -1.08. The van der Waals surface area contributed by atoms with Gasteiger partial charge in [0.1, 0.15) is 5.82 Å². The van der Waals surface area contributed by atoms with Crippen molar-refractivity contribution in [1.29, 1.82) is 0 Å². The van der Waals surface area contributed by atoms with Crippen LogP contribution in [0.25, 0.3) is 6.08 Å². The number of carboxylic acid groups (broad SMARTS) is 1. The van der Waals surface area contributed by atoms with Gasteiger partial charge in [0.05, 0.1) is 30.5 Å². The molecule has 0 fully saturated rings. The molecule has 6 heteroatoms.